The standard InChI is InChI=1S/C25H28ClFN2O2/c1-17-6-12-21(13-7-17)29-16-23(30)28(15-14-18-4-2-3-5-22(18)26)24(25(29)31)19-8-10-20(27)11-9-19/h2-5,8-11,17,21,24H,6-7,12-16H2,1H3/t17?,21?,24-/m1/s1. The molecule has 1 atom stereocenters. The number of rotatable bonds is 5. The first-order valence-corrected chi connectivity index (χ1v) is 11.4. The highest BCUT2D eigenvalue weighted by molar-refractivity contribution is 6.31. The summed E-state index contributed by atoms with van der Waals surface area (Å²) in [7, 11) is 0. The zero-order chi connectivity index (χ0) is 22.0. The number of nitrogens with zero attached hydrogens (tertiary/aromatic N) is 2. The maximum Gasteiger partial charge on any atom is 0.250 e. The van der Waals surface area contributed by atoms with Crippen molar-refractivity contribution in [2.24, 2.45) is 5.92 Å². The Balaban J connectivity index is 1.60. The molecule has 0 aromatic heterocycles. The third-order valence-corrected chi connectivity index (χ3v) is 7.02. The predicted octanol–water partition coefficient (Wildman–Crippen LogP) is 5.01. The minimum atomic E-state index is -0.733. The molecule has 31 heavy (non-hydrogen) atoms. The van der Waals surface area contributed by atoms with Crippen LogP contribution in [-0.2, 0) is 16.0 Å². The molecule has 1 heterocycles. The van der Waals surface area contributed by atoms with Crippen LogP contribution < -0.4 is 0 Å². The number of benzene rings is 2. The molecule has 1 aliphatic carbocycles. The fourth-order valence-electron chi connectivity index (χ4n) is 4.78. The van der Waals surface area contributed by atoms with Gasteiger partial charge in [0.15, 0.2) is 0 Å². The van der Waals surface area contributed by atoms with Crippen molar-refractivity contribution < 1.29 is 14.0 Å². The lowest BCUT2D eigenvalue weighted by Crippen LogP contribution is -2.59. The summed E-state index contributed by atoms with van der Waals surface area (Å²) in [5, 5.41) is 0.648. The van der Waals surface area contributed by atoms with E-state index in [2.05, 4.69) is 6.92 Å². The van der Waals surface area contributed by atoms with E-state index in [9.17, 15) is 14.0 Å². The van der Waals surface area contributed by atoms with E-state index in [1.165, 1.54) is 12.1 Å². The summed E-state index contributed by atoms with van der Waals surface area (Å²) < 4.78 is 13.6. The molecule has 2 aliphatic rings. The van der Waals surface area contributed by atoms with Gasteiger partial charge in [0.2, 0.25) is 5.91 Å². The average Bonchev–Trinajstić information content (AvgIpc) is 2.76. The fraction of sp³-hybridized carbons (Fsp3) is 0.440. The molecular weight excluding hydrogens is 415 g/mol. The molecule has 0 N–H and O–H groups in total. The van der Waals surface area contributed by atoms with Crippen molar-refractivity contribution in [3.8, 4) is 0 Å². The molecule has 4 rings (SSSR count). The topological polar surface area (TPSA) is 40.6 Å². The number of amides is 2. The Labute approximate surface area is 188 Å². The quantitative estimate of drug-likeness (QED) is 0.652. The Morgan fingerprint density at radius 1 is 1.00 bits per heavy atom. The van der Waals surface area contributed by atoms with Crippen LogP contribution in [0.1, 0.15) is 49.8 Å². The van der Waals surface area contributed by atoms with Crippen LogP contribution in [-0.4, -0.2) is 40.7 Å². The molecule has 0 radical (unpaired) electrons. The van der Waals surface area contributed by atoms with Crippen LogP contribution in [0.2, 0.25) is 5.02 Å². The van der Waals surface area contributed by atoms with Crippen LogP contribution in [0, 0.1) is 11.7 Å². The van der Waals surface area contributed by atoms with Gasteiger partial charge in [0.1, 0.15) is 18.4 Å². The summed E-state index contributed by atoms with van der Waals surface area (Å²) in [6, 6.07) is 12.8. The van der Waals surface area contributed by atoms with Crippen molar-refractivity contribution >= 4 is 23.4 Å². The van der Waals surface area contributed by atoms with Gasteiger partial charge in [0.25, 0.3) is 5.91 Å². The van der Waals surface area contributed by atoms with Crippen LogP contribution in [0.3, 0.4) is 0 Å². The van der Waals surface area contributed by atoms with Gasteiger partial charge in [-0.15, -0.1) is 0 Å². The highest BCUT2D eigenvalue weighted by Crippen LogP contribution is 2.34. The average molecular weight is 443 g/mol. The van der Waals surface area contributed by atoms with Gasteiger partial charge in [-0.2, -0.15) is 0 Å². The number of hydrogen-bond acceptors (Lipinski definition) is 2. The van der Waals surface area contributed by atoms with Gasteiger partial charge in [0, 0.05) is 17.6 Å². The summed E-state index contributed by atoms with van der Waals surface area (Å²) >= 11 is 6.29. The van der Waals surface area contributed by atoms with E-state index in [1.54, 1.807) is 21.9 Å². The molecule has 0 unspecified atom stereocenters. The SMILES string of the molecule is CC1CCC(N2CC(=O)N(CCc3ccccc3Cl)[C@H](c3ccc(F)cc3)C2=O)CC1. The first-order chi connectivity index (χ1) is 14.9. The van der Waals surface area contributed by atoms with Crippen molar-refractivity contribution in [3.05, 3.63) is 70.5 Å². The predicted molar refractivity (Wildman–Crippen MR) is 119 cm³/mol. The Bertz CT molecular complexity index is 941. The number of piperazine rings is 1. The summed E-state index contributed by atoms with van der Waals surface area (Å²) in [4.78, 5) is 30.3. The first-order valence-electron chi connectivity index (χ1n) is 11.0. The lowest BCUT2D eigenvalue weighted by atomic mass is 9.85. The zero-order valence-electron chi connectivity index (χ0n) is 17.8. The molecule has 164 valence electrons. The van der Waals surface area contributed by atoms with E-state index in [-0.39, 0.29) is 30.2 Å². The normalized spacial score (nSPS) is 24.5. The van der Waals surface area contributed by atoms with Gasteiger partial charge in [-0.3, -0.25) is 9.59 Å². The maximum atomic E-state index is 13.6. The van der Waals surface area contributed by atoms with Crippen molar-refractivity contribution in [3.63, 3.8) is 0 Å². The molecule has 4 nitrogen and oxygen atoms in total. The van der Waals surface area contributed by atoms with Gasteiger partial charge in [-0.25, -0.2) is 4.39 Å². The Hall–Kier alpha value is -2.40. The molecule has 0 bridgehead atoms. The molecule has 1 aliphatic heterocycles. The fourth-order valence-corrected chi connectivity index (χ4v) is 5.01. The van der Waals surface area contributed by atoms with Crippen LogP contribution in [0.15, 0.2) is 48.5 Å². The van der Waals surface area contributed by atoms with Gasteiger partial charge in [-0.05, 0) is 67.3 Å². The van der Waals surface area contributed by atoms with E-state index in [0.717, 1.165) is 31.2 Å². The van der Waals surface area contributed by atoms with Crippen LogP contribution in [0.5, 0.6) is 0 Å². The maximum absolute atomic E-state index is 13.6. The summed E-state index contributed by atoms with van der Waals surface area (Å²) in [5.74, 6) is 0.162. The Morgan fingerprint density at radius 3 is 2.35 bits per heavy atom. The molecule has 2 aromatic carbocycles. The summed E-state index contributed by atoms with van der Waals surface area (Å²) in [6.07, 6.45) is 4.55. The highest BCUT2D eigenvalue weighted by Gasteiger charge is 2.43. The molecule has 0 spiro atoms. The van der Waals surface area contributed by atoms with Crippen molar-refractivity contribution in [1.82, 2.24) is 9.80 Å². The number of hydrogen-bond donors (Lipinski definition) is 0. The zero-order valence-corrected chi connectivity index (χ0v) is 18.5. The summed E-state index contributed by atoms with van der Waals surface area (Å²) in [6.45, 7) is 2.72. The molecule has 2 aromatic rings. The molecule has 1 saturated carbocycles. The molecular formula is C25H28ClFN2O2. The van der Waals surface area contributed by atoms with Crippen LogP contribution in [0.4, 0.5) is 4.39 Å². The van der Waals surface area contributed by atoms with E-state index < -0.39 is 6.04 Å². The largest absolute Gasteiger partial charge is 0.328 e. The number of halogens is 2. The second kappa shape index (κ2) is 9.39. The summed E-state index contributed by atoms with van der Waals surface area (Å²) in [5.41, 5.74) is 1.58. The molecule has 1 saturated heterocycles. The minimum absolute atomic E-state index is 0.0649. The minimum Gasteiger partial charge on any atom is -0.328 e. The van der Waals surface area contributed by atoms with Crippen LogP contribution >= 0.6 is 11.6 Å². The van der Waals surface area contributed by atoms with E-state index in [0.29, 0.717) is 29.5 Å². The van der Waals surface area contributed by atoms with Crippen molar-refractivity contribution in [1.29, 1.82) is 0 Å². The van der Waals surface area contributed by atoms with E-state index >= 15 is 0 Å². The van der Waals surface area contributed by atoms with E-state index in [4.69, 9.17) is 11.6 Å². The second-order valence-electron chi connectivity index (χ2n) is 8.76. The third kappa shape index (κ3) is 4.77. The molecule has 2 amide bonds. The Morgan fingerprint density at radius 2 is 1.68 bits per heavy atom. The van der Waals surface area contributed by atoms with Gasteiger partial charge < -0.3 is 9.80 Å². The number of carbonyl (C=O) groups is 2. The monoisotopic (exact) mass is 442 g/mol. The van der Waals surface area contributed by atoms with Crippen molar-refractivity contribution in [2.75, 3.05) is 13.1 Å². The third-order valence-electron chi connectivity index (χ3n) is 6.65. The Kier molecular flexibility index (Phi) is 6.61. The lowest BCUT2D eigenvalue weighted by molar-refractivity contribution is -0.159. The highest BCUT2D eigenvalue weighted by atomic mass is 35.5. The van der Waals surface area contributed by atoms with Gasteiger partial charge >= 0.3 is 0 Å². The van der Waals surface area contributed by atoms with Crippen molar-refractivity contribution in [2.45, 2.75) is 51.1 Å². The number of carbonyl (C=O) groups excluding carboxylic acids is 2. The van der Waals surface area contributed by atoms with E-state index in [1.807, 2.05) is 24.3 Å². The van der Waals surface area contributed by atoms with Gasteiger partial charge in [0.05, 0.1) is 0 Å². The smallest absolute Gasteiger partial charge is 0.250 e. The second-order valence-corrected chi connectivity index (χ2v) is 9.17. The first kappa shape index (κ1) is 21.8. The molecule has 2 fully saturated rings. The van der Waals surface area contributed by atoms with Crippen LogP contribution in [0.25, 0.3) is 0 Å². The molecule has 6 heteroatoms. The lowest BCUT2D eigenvalue weighted by Gasteiger charge is -2.45. The van der Waals surface area contributed by atoms with Gasteiger partial charge in [-0.1, -0.05) is 48.9 Å².